The molecule has 134 valence electrons. The summed E-state index contributed by atoms with van der Waals surface area (Å²) < 4.78 is 1.46. The number of hydrogen-bond donors (Lipinski definition) is 1. The Morgan fingerprint density at radius 2 is 1.88 bits per heavy atom. The van der Waals surface area contributed by atoms with Crippen molar-refractivity contribution in [2.75, 3.05) is 6.54 Å². The van der Waals surface area contributed by atoms with Crippen LogP contribution in [0.3, 0.4) is 0 Å². The number of amides is 1. The van der Waals surface area contributed by atoms with Gasteiger partial charge in [-0.25, -0.2) is 0 Å². The van der Waals surface area contributed by atoms with Crippen LogP contribution in [-0.2, 0) is 7.05 Å². The van der Waals surface area contributed by atoms with Gasteiger partial charge in [0.2, 0.25) is 0 Å². The van der Waals surface area contributed by atoms with Crippen LogP contribution in [-0.4, -0.2) is 22.0 Å². The number of aromatic nitrogens is 2. The largest absolute Gasteiger partial charge is 0.351 e. The minimum absolute atomic E-state index is 0.104. The van der Waals surface area contributed by atoms with E-state index in [0.29, 0.717) is 28.8 Å². The molecule has 0 radical (unpaired) electrons. The molecular weight excluding hydrogens is 326 g/mol. The van der Waals surface area contributed by atoms with Crippen molar-refractivity contribution in [1.82, 2.24) is 14.9 Å². The van der Waals surface area contributed by atoms with Crippen LogP contribution >= 0.6 is 0 Å². The molecular formula is C21H23N3O2. The van der Waals surface area contributed by atoms with Gasteiger partial charge in [-0.1, -0.05) is 38.1 Å². The van der Waals surface area contributed by atoms with Gasteiger partial charge in [0.05, 0.1) is 5.56 Å². The third-order valence-corrected chi connectivity index (χ3v) is 4.74. The summed E-state index contributed by atoms with van der Waals surface area (Å²) in [6.45, 7) is 4.77. The maximum Gasteiger partial charge on any atom is 0.258 e. The van der Waals surface area contributed by atoms with Gasteiger partial charge in [-0.3, -0.25) is 14.6 Å². The van der Waals surface area contributed by atoms with Gasteiger partial charge in [0, 0.05) is 48.9 Å². The number of pyridine rings is 2. The molecule has 1 N–H and O–H groups in total. The molecule has 3 rings (SSSR count). The standard InChI is InChI=1S/C21H23N3O2/c1-14(2)18(15-7-6-10-22-11-15)12-23-20(25)19-13-24(3)21(26)17-9-5-4-8-16(17)19/h4-11,13-14,18H,12H2,1-3H3,(H,23,25). The van der Waals surface area contributed by atoms with Crippen molar-refractivity contribution in [2.24, 2.45) is 13.0 Å². The third-order valence-electron chi connectivity index (χ3n) is 4.74. The van der Waals surface area contributed by atoms with Crippen LogP contribution in [0.25, 0.3) is 10.8 Å². The van der Waals surface area contributed by atoms with Crippen LogP contribution in [0.2, 0.25) is 0 Å². The van der Waals surface area contributed by atoms with Gasteiger partial charge in [0.25, 0.3) is 11.5 Å². The zero-order valence-corrected chi connectivity index (χ0v) is 15.3. The molecule has 0 saturated heterocycles. The Morgan fingerprint density at radius 3 is 2.54 bits per heavy atom. The molecule has 5 heteroatoms. The summed E-state index contributed by atoms with van der Waals surface area (Å²) in [6, 6.07) is 11.2. The normalized spacial score (nSPS) is 12.3. The molecule has 2 heterocycles. The highest BCUT2D eigenvalue weighted by molar-refractivity contribution is 6.06. The summed E-state index contributed by atoms with van der Waals surface area (Å²) in [5, 5.41) is 4.26. The number of carbonyl (C=O) groups excluding carboxylic acids is 1. The average Bonchev–Trinajstić information content (AvgIpc) is 2.65. The molecule has 0 spiro atoms. The monoisotopic (exact) mass is 349 g/mol. The molecule has 5 nitrogen and oxygen atoms in total. The average molecular weight is 349 g/mol. The molecule has 0 saturated carbocycles. The molecule has 1 aromatic carbocycles. The van der Waals surface area contributed by atoms with E-state index < -0.39 is 0 Å². The van der Waals surface area contributed by atoms with Crippen LogP contribution in [0.4, 0.5) is 0 Å². The Balaban J connectivity index is 1.88. The molecule has 1 amide bonds. The molecule has 0 aliphatic heterocycles. The third kappa shape index (κ3) is 3.52. The first-order valence-electron chi connectivity index (χ1n) is 8.75. The molecule has 1 unspecified atom stereocenters. The van der Waals surface area contributed by atoms with Crippen molar-refractivity contribution in [1.29, 1.82) is 0 Å². The summed E-state index contributed by atoms with van der Waals surface area (Å²) in [5.41, 5.74) is 1.51. The van der Waals surface area contributed by atoms with Crippen molar-refractivity contribution >= 4 is 16.7 Å². The number of fused-ring (bicyclic) bond motifs is 1. The maximum atomic E-state index is 12.8. The fourth-order valence-electron chi connectivity index (χ4n) is 3.23. The Labute approximate surface area is 152 Å². The minimum Gasteiger partial charge on any atom is -0.351 e. The summed E-state index contributed by atoms with van der Waals surface area (Å²) in [5.74, 6) is 0.356. The smallest absolute Gasteiger partial charge is 0.258 e. The Hall–Kier alpha value is -2.95. The first-order valence-corrected chi connectivity index (χ1v) is 8.75. The van der Waals surface area contributed by atoms with Crippen molar-refractivity contribution in [3.8, 4) is 0 Å². The van der Waals surface area contributed by atoms with Crippen LogP contribution in [0.15, 0.2) is 59.8 Å². The number of aryl methyl sites for hydroxylation is 1. The Morgan fingerprint density at radius 1 is 1.15 bits per heavy atom. The highest BCUT2D eigenvalue weighted by Crippen LogP contribution is 2.23. The highest BCUT2D eigenvalue weighted by Gasteiger charge is 2.19. The quantitative estimate of drug-likeness (QED) is 0.770. The molecule has 0 aliphatic carbocycles. The lowest BCUT2D eigenvalue weighted by molar-refractivity contribution is 0.0950. The predicted octanol–water partition coefficient (Wildman–Crippen LogP) is 3.10. The zero-order valence-electron chi connectivity index (χ0n) is 15.3. The van der Waals surface area contributed by atoms with E-state index in [-0.39, 0.29) is 17.4 Å². The Bertz CT molecular complexity index is 977. The fourth-order valence-corrected chi connectivity index (χ4v) is 3.23. The van der Waals surface area contributed by atoms with Crippen LogP contribution < -0.4 is 10.9 Å². The van der Waals surface area contributed by atoms with Gasteiger partial charge < -0.3 is 9.88 Å². The number of carbonyl (C=O) groups is 1. The lowest BCUT2D eigenvalue weighted by Gasteiger charge is -2.21. The van der Waals surface area contributed by atoms with E-state index in [9.17, 15) is 9.59 Å². The van der Waals surface area contributed by atoms with E-state index >= 15 is 0 Å². The lowest BCUT2D eigenvalue weighted by Crippen LogP contribution is -2.31. The van der Waals surface area contributed by atoms with Gasteiger partial charge in [0.1, 0.15) is 0 Å². The van der Waals surface area contributed by atoms with Crippen molar-refractivity contribution in [3.05, 3.63) is 76.5 Å². The van der Waals surface area contributed by atoms with Gasteiger partial charge in [-0.15, -0.1) is 0 Å². The second-order valence-corrected chi connectivity index (χ2v) is 6.85. The second-order valence-electron chi connectivity index (χ2n) is 6.85. The van der Waals surface area contributed by atoms with E-state index in [1.807, 2.05) is 36.5 Å². The van der Waals surface area contributed by atoms with Crippen LogP contribution in [0.5, 0.6) is 0 Å². The summed E-state index contributed by atoms with van der Waals surface area (Å²) in [7, 11) is 1.66. The molecule has 0 fully saturated rings. The number of rotatable bonds is 5. The first-order chi connectivity index (χ1) is 12.5. The first kappa shape index (κ1) is 17.9. The number of nitrogens with zero attached hydrogens (tertiary/aromatic N) is 2. The molecule has 3 aromatic rings. The van der Waals surface area contributed by atoms with E-state index in [4.69, 9.17) is 0 Å². The summed E-state index contributed by atoms with van der Waals surface area (Å²) in [6.07, 6.45) is 5.20. The SMILES string of the molecule is CC(C)C(CNC(=O)c1cn(C)c(=O)c2ccccc12)c1cccnc1. The van der Waals surface area contributed by atoms with E-state index in [0.717, 1.165) is 5.56 Å². The van der Waals surface area contributed by atoms with Gasteiger partial charge in [0.15, 0.2) is 0 Å². The fraction of sp³-hybridized carbons (Fsp3) is 0.286. The van der Waals surface area contributed by atoms with Crippen molar-refractivity contribution in [3.63, 3.8) is 0 Å². The molecule has 0 aliphatic rings. The minimum atomic E-state index is -0.175. The zero-order chi connectivity index (χ0) is 18.7. The molecule has 1 atom stereocenters. The highest BCUT2D eigenvalue weighted by atomic mass is 16.2. The predicted molar refractivity (Wildman–Crippen MR) is 103 cm³/mol. The van der Waals surface area contributed by atoms with Crippen molar-refractivity contribution in [2.45, 2.75) is 19.8 Å². The van der Waals surface area contributed by atoms with Gasteiger partial charge >= 0.3 is 0 Å². The molecule has 26 heavy (non-hydrogen) atoms. The van der Waals surface area contributed by atoms with E-state index in [1.54, 1.807) is 25.5 Å². The van der Waals surface area contributed by atoms with E-state index in [2.05, 4.69) is 24.1 Å². The lowest BCUT2D eigenvalue weighted by atomic mass is 9.89. The van der Waals surface area contributed by atoms with Crippen LogP contribution in [0.1, 0.15) is 35.7 Å². The molecule has 2 aromatic heterocycles. The summed E-state index contributed by atoms with van der Waals surface area (Å²) in [4.78, 5) is 29.3. The topological polar surface area (TPSA) is 64.0 Å². The van der Waals surface area contributed by atoms with Crippen LogP contribution in [0, 0.1) is 5.92 Å². The maximum absolute atomic E-state index is 12.8. The number of hydrogen-bond acceptors (Lipinski definition) is 3. The Kier molecular flexibility index (Phi) is 5.16. The van der Waals surface area contributed by atoms with Gasteiger partial charge in [-0.2, -0.15) is 0 Å². The van der Waals surface area contributed by atoms with E-state index in [1.165, 1.54) is 4.57 Å². The number of benzene rings is 1. The second kappa shape index (κ2) is 7.52. The molecule has 0 bridgehead atoms. The van der Waals surface area contributed by atoms with Crippen molar-refractivity contribution < 1.29 is 4.79 Å². The summed E-state index contributed by atoms with van der Waals surface area (Å²) >= 11 is 0. The van der Waals surface area contributed by atoms with Gasteiger partial charge in [-0.05, 0) is 23.6 Å². The number of nitrogens with one attached hydrogen (secondary N) is 1.